The van der Waals surface area contributed by atoms with E-state index in [1.807, 2.05) is 6.07 Å². The molecule has 0 aromatic heterocycles. The zero-order valence-corrected chi connectivity index (χ0v) is 8.59. The minimum absolute atomic E-state index is 0.141. The van der Waals surface area contributed by atoms with Crippen LogP contribution in [0, 0.1) is 18.2 Å². The SMILES string of the molecule is C#CCCNC1CCc2cc(F)ccc21. The van der Waals surface area contributed by atoms with Gasteiger partial charge in [-0.2, -0.15) is 0 Å². The maximum atomic E-state index is 12.9. The van der Waals surface area contributed by atoms with Crippen molar-refractivity contribution in [2.75, 3.05) is 6.54 Å². The first kappa shape index (κ1) is 10.2. The Morgan fingerprint density at radius 1 is 1.53 bits per heavy atom. The summed E-state index contributed by atoms with van der Waals surface area (Å²) in [5, 5.41) is 3.39. The molecule has 1 N–H and O–H groups in total. The number of nitrogens with one attached hydrogen (secondary N) is 1. The molecule has 0 radical (unpaired) electrons. The van der Waals surface area contributed by atoms with E-state index in [1.165, 1.54) is 11.6 Å². The summed E-state index contributed by atoms with van der Waals surface area (Å²) in [7, 11) is 0. The normalized spacial score (nSPS) is 18.5. The molecule has 1 atom stereocenters. The highest BCUT2D eigenvalue weighted by Crippen LogP contribution is 2.31. The number of terminal acetylenes is 1. The van der Waals surface area contributed by atoms with Gasteiger partial charge in [0.2, 0.25) is 0 Å². The van der Waals surface area contributed by atoms with E-state index in [1.54, 1.807) is 6.07 Å². The Bertz CT molecular complexity index is 392. The summed E-state index contributed by atoms with van der Waals surface area (Å²) in [5.41, 5.74) is 2.36. The third kappa shape index (κ3) is 2.19. The third-order valence-corrected chi connectivity index (χ3v) is 2.84. The lowest BCUT2D eigenvalue weighted by Crippen LogP contribution is -2.20. The summed E-state index contributed by atoms with van der Waals surface area (Å²) >= 11 is 0. The van der Waals surface area contributed by atoms with Crippen molar-refractivity contribution in [1.82, 2.24) is 5.32 Å². The minimum atomic E-state index is -0.141. The summed E-state index contributed by atoms with van der Waals surface area (Å²) < 4.78 is 12.9. The zero-order chi connectivity index (χ0) is 10.7. The molecule has 0 fully saturated rings. The minimum Gasteiger partial charge on any atom is -0.309 e. The number of fused-ring (bicyclic) bond motifs is 1. The predicted molar refractivity (Wildman–Crippen MR) is 58.9 cm³/mol. The van der Waals surface area contributed by atoms with E-state index < -0.39 is 0 Å². The third-order valence-electron chi connectivity index (χ3n) is 2.84. The Labute approximate surface area is 89.7 Å². The van der Waals surface area contributed by atoms with Crippen LogP contribution in [0.1, 0.15) is 30.0 Å². The Morgan fingerprint density at radius 3 is 3.20 bits per heavy atom. The molecule has 1 unspecified atom stereocenters. The fraction of sp³-hybridized carbons (Fsp3) is 0.385. The highest BCUT2D eigenvalue weighted by Gasteiger charge is 2.21. The van der Waals surface area contributed by atoms with Gasteiger partial charge in [-0.05, 0) is 36.1 Å². The second-order valence-electron chi connectivity index (χ2n) is 3.84. The van der Waals surface area contributed by atoms with Gasteiger partial charge in [-0.25, -0.2) is 4.39 Å². The van der Waals surface area contributed by atoms with Gasteiger partial charge in [-0.1, -0.05) is 6.07 Å². The summed E-state index contributed by atoms with van der Waals surface area (Å²) in [6.45, 7) is 0.831. The second kappa shape index (κ2) is 4.46. The van der Waals surface area contributed by atoms with E-state index in [0.717, 1.165) is 31.4 Å². The number of benzene rings is 1. The fourth-order valence-electron chi connectivity index (χ4n) is 2.12. The van der Waals surface area contributed by atoms with Gasteiger partial charge >= 0.3 is 0 Å². The fourth-order valence-corrected chi connectivity index (χ4v) is 2.12. The van der Waals surface area contributed by atoms with E-state index in [9.17, 15) is 4.39 Å². The van der Waals surface area contributed by atoms with Crippen LogP contribution in [0.4, 0.5) is 4.39 Å². The number of aryl methyl sites for hydroxylation is 1. The van der Waals surface area contributed by atoms with E-state index in [2.05, 4.69) is 11.2 Å². The Hall–Kier alpha value is -1.33. The van der Waals surface area contributed by atoms with E-state index in [0.29, 0.717) is 6.04 Å². The van der Waals surface area contributed by atoms with Crippen molar-refractivity contribution < 1.29 is 4.39 Å². The molecule has 0 spiro atoms. The number of rotatable bonds is 3. The van der Waals surface area contributed by atoms with Crippen LogP contribution in [0.2, 0.25) is 0 Å². The standard InChI is InChI=1S/C13H14FN/c1-2-3-8-15-13-7-4-10-9-11(14)5-6-12(10)13/h1,5-6,9,13,15H,3-4,7-8H2. The molecule has 1 nitrogen and oxygen atoms in total. The van der Waals surface area contributed by atoms with Crippen molar-refractivity contribution in [3.63, 3.8) is 0 Å². The smallest absolute Gasteiger partial charge is 0.123 e. The molecule has 0 bridgehead atoms. The largest absolute Gasteiger partial charge is 0.309 e. The van der Waals surface area contributed by atoms with Gasteiger partial charge < -0.3 is 5.32 Å². The van der Waals surface area contributed by atoms with Crippen molar-refractivity contribution in [3.8, 4) is 12.3 Å². The maximum absolute atomic E-state index is 12.9. The van der Waals surface area contributed by atoms with Crippen LogP contribution < -0.4 is 5.32 Å². The van der Waals surface area contributed by atoms with Crippen molar-refractivity contribution in [2.24, 2.45) is 0 Å². The van der Waals surface area contributed by atoms with Crippen LogP contribution in [0.3, 0.4) is 0 Å². The zero-order valence-electron chi connectivity index (χ0n) is 8.59. The Kier molecular flexibility index (Phi) is 3.03. The van der Waals surface area contributed by atoms with Crippen molar-refractivity contribution >= 4 is 0 Å². The van der Waals surface area contributed by atoms with E-state index in [4.69, 9.17) is 6.42 Å². The molecule has 1 aliphatic rings. The number of hydrogen-bond acceptors (Lipinski definition) is 1. The molecule has 2 heteroatoms. The lowest BCUT2D eigenvalue weighted by molar-refractivity contribution is 0.539. The molecule has 0 heterocycles. The van der Waals surface area contributed by atoms with Gasteiger partial charge in [0.25, 0.3) is 0 Å². The molecular formula is C13H14FN. The molecule has 0 amide bonds. The molecular weight excluding hydrogens is 189 g/mol. The van der Waals surface area contributed by atoms with Gasteiger partial charge in [-0.3, -0.25) is 0 Å². The van der Waals surface area contributed by atoms with Crippen LogP contribution in [0.5, 0.6) is 0 Å². The topological polar surface area (TPSA) is 12.0 Å². The summed E-state index contributed by atoms with van der Waals surface area (Å²) in [6.07, 6.45) is 7.94. The first-order chi connectivity index (χ1) is 7.31. The Morgan fingerprint density at radius 2 is 2.40 bits per heavy atom. The maximum Gasteiger partial charge on any atom is 0.123 e. The van der Waals surface area contributed by atoms with Crippen LogP contribution in [0.25, 0.3) is 0 Å². The highest BCUT2D eigenvalue weighted by atomic mass is 19.1. The lowest BCUT2D eigenvalue weighted by Gasteiger charge is -2.12. The molecule has 0 aliphatic heterocycles. The van der Waals surface area contributed by atoms with Crippen molar-refractivity contribution in [1.29, 1.82) is 0 Å². The average Bonchev–Trinajstić information content (AvgIpc) is 2.61. The molecule has 1 aromatic rings. The summed E-state index contributed by atoms with van der Waals surface area (Å²) in [6, 6.07) is 5.40. The number of halogens is 1. The van der Waals surface area contributed by atoms with Gasteiger partial charge in [0, 0.05) is 19.0 Å². The molecule has 1 aromatic carbocycles. The van der Waals surface area contributed by atoms with E-state index >= 15 is 0 Å². The van der Waals surface area contributed by atoms with Crippen LogP contribution >= 0.6 is 0 Å². The van der Waals surface area contributed by atoms with E-state index in [-0.39, 0.29) is 5.82 Å². The summed E-state index contributed by atoms with van der Waals surface area (Å²) in [4.78, 5) is 0. The lowest BCUT2D eigenvalue weighted by atomic mass is 10.1. The molecule has 2 rings (SSSR count). The predicted octanol–water partition coefficient (Wildman–Crippen LogP) is 2.43. The van der Waals surface area contributed by atoms with Gasteiger partial charge in [-0.15, -0.1) is 12.3 Å². The van der Waals surface area contributed by atoms with Gasteiger partial charge in [0.05, 0.1) is 0 Å². The summed E-state index contributed by atoms with van der Waals surface area (Å²) in [5.74, 6) is 2.46. The average molecular weight is 203 g/mol. The molecule has 0 saturated heterocycles. The second-order valence-corrected chi connectivity index (χ2v) is 3.84. The monoisotopic (exact) mass is 203 g/mol. The first-order valence-electron chi connectivity index (χ1n) is 5.26. The number of hydrogen-bond donors (Lipinski definition) is 1. The molecule has 0 saturated carbocycles. The highest BCUT2D eigenvalue weighted by molar-refractivity contribution is 5.34. The van der Waals surface area contributed by atoms with Crippen LogP contribution in [-0.2, 0) is 6.42 Å². The van der Waals surface area contributed by atoms with Gasteiger partial charge in [0.15, 0.2) is 0 Å². The quantitative estimate of drug-likeness (QED) is 0.587. The van der Waals surface area contributed by atoms with Crippen molar-refractivity contribution in [3.05, 3.63) is 35.1 Å². The Balaban J connectivity index is 2.05. The van der Waals surface area contributed by atoms with Crippen LogP contribution in [0.15, 0.2) is 18.2 Å². The van der Waals surface area contributed by atoms with Crippen LogP contribution in [-0.4, -0.2) is 6.54 Å². The first-order valence-corrected chi connectivity index (χ1v) is 5.26. The molecule has 15 heavy (non-hydrogen) atoms. The molecule has 1 aliphatic carbocycles. The van der Waals surface area contributed by atoms with Crippen molar-refractivity contribution in [2.45, 2.75) is 25.3 Å². The molecule has 78 valence electrons. The van der Waals surface area contributed by atoms with Gasteiger partial charge in [0.1, 0.15) is 5.82 Å².